The zero-order chi connectivity index (χ0) is 49.3. The van der Waals surface area contributed by atoms with Gasteiger partial charge in [0.2, 0.25) is 0 Å². The Morgan fingerprint density at radius 3 is 1.48 bits per heavy atom. The monoisotopic (exact) mass is 1050 g/mol. The minimum absolute atomic E-state index is 0.00121. The maximum Gasteiger partial charge on any atom is 0.330 e. The van der Waals surface area contributed by atoms with E-state index in [0.29, 0.717) is 0 Å². The van der Waals surface area contributed by atoms with Gasteiger partial charge < -0.3 is 67.1 Å². The normalized spacial score (nSPS) is 26.4. The summed E-state index contributed by atoms with van der Waals surface area (Å²) in [4.78, 5) is 137. The summed E-state index contributed by atoms with van der Waals surface area (Å²) in [5.74, 6) is 0. The first kappa shape index (κ1) is 56.4. The number of hydrogen-bond acceptors (Lipinski definition) is 27. The van der Waals surface area contributed by atoms with Gasteiger partial charge in [-0.1, -0.05) is 11.2 Å². The summed E-state index contributed by atoms with van der Waals surface area (Å²) in [6.45, 7) is 3.94. The fourth-order valence-corrected chi connectivity index (χ4v) is 11.0. The van der Waals surface area contributed by atoms with Crippen LogP contribution in [0.15, 0.2) is 49.3 Å². The molecular formula is C24H33N7O28P6-6. The first-order valence-electron chi connectivity index (χ1n) is 17.0. The highest BCUT2D eigenvalue weighted by molar-refractivity contribution is 7.65. The molecule has 0 bridgehead atoms. The van der Waals surface area contributed by atoms with Crippen molar-refractivity contribution >= 4 is 46.9 Å². The van der Waals surface area contributed by atoms with Crippen molar-refractivity contribution in [3.63, 3.8) is 0 Å². The SMILES string of the molecule is C=CCOC1C[C@H](n2cc(C)c(=O)[nH]c2=O)O[C@@H]1COP(=O)([O-])OP(=O)([O-])OP(=O)([O-])O.Cc1cn([C@H]2CC(OCN=[N+]=[N-])[C@@H](COP(=O)([O-])OP(=O)([O-])OP(=O)([O-])O)O2)c(=O)[nH]c1=O. The van der Waals surface area contributed by atoms with Gasteiger partial charge in [-0.15, -0.1) is 6.58 Å². The van der Waals surface area contributed by atoms with Crippen molar-refractivity contribution in [2.24, 2.45) is 5.11 Å². The highest BCUT2D eigenvalue weighted by Crippen LogP contribution is 2.62. The summed E-state index contributed by atoms with van der Waals surface area (Å²) in [7, 11) is -35.4. The lowest BCUT2D eigenvalue weighted by atomic mass is 10.2. The summed E-state index contributed by atoms with van der Waals surface area (Å²) in [5.41, 5.74) is 5.77. The molecule has 2 aromatic heterocycles. The second kappa shape index (κ2) is 22.9. The van der Waals surface area contributed by atoms with Crippen molar-refractivity contribution in [2.45, 2.75) is 63.6 Å². The van der Waals surface area contributed by atoms with E-state index < -0.39 is 126 Å². The first-order valence-corrected chi connectivity index (χ1v) is 25.8. The average Bonchev–Trinajstić information content (AvgIpc) is 3.73. The largest absolute Gasteiger partial charge is 0.756 e. The Labute approximate surface area is 360 Å². The molecule has 0 aromatic carbocycles. The average molecular weight is 1050 g/mol. The van der Waals surface area contributed by atoms with Gasteiger partial charge >= 0.3 is 11.4 Å². The predicted octanol–water partition coefficient (Wildman–Crippen LogP) is -3.62. The van der Waals surface area contributed by atoms with Gasteiger partial charge in [-0.2, -0.15) is 0 Å². The number of aromatic amines is 2. The number of nitrogens with zero attached hydrogens (tertiary/aromatic N) is 5. The highest BCUT2D eigenvalue weighted by atomic mass is 31.3. The molecule has 0 saturated carbocycles. The van der Waals surface area contributed by atoms with Crippen molar-refractivity contribution < 1.29 is 112 Å². The van der Waals surface area contributed by atoms with Crippen LogP contribution < -0.4 is 51.9 Å². The van der Waals surface area contributed by atoms with Gasteiger partial charge in [-0.05, 0) is 19.4 Å². The van der Waals surface area contributed by atoms with E-state index in [2.05, 4.69) is 47.9 Å². The lowest BCUT2D eigenvalue weighted by Gasteiger charge is -2.33. The second-order valence-electron chi connectivity index (χ2n) is 12.6. The summed E-state index contributed by atoms with van der Waals surface area (Å²) >= 11 is 0. The number of phosphoric acid groups is 6. The number of nitrogens with one attached hydrogen (secondary N) is 2. The smallest absolute Gasteiger partial charge is 0.330 e. The van der Waals surface area contributed by atoms with Crippen LogP contribution in [0.5, 0.6) is 0 Å². The van der Waals surface area contributed by atoms with E-state index in [1.807, 2.05) is 4.98 Å². The van der Waals surface area contributed by atoms with Gasteiger partial charge in [0.25, 0.3) is 58.1 Å². The molecule has 2 fully saturated rings. The van der Waals surface area contributed by atoms with Crippen molar-refractivity contribution in [1.82, 2.24) is 19.1 Å². The number of hydrogen-bond donors (Lipinski definition) is 4. The molecule has 0 amide bonds. The van der Waals surface area contributed by atoms with Crippen LogP contribution in [0.4, 0.5) is 0 Å². The molecule has 2 aromatic rings. The van der Waals surface area contributed by atoms with E-state index >= 15 is 0 Å². The number of H-pyrrole nitrogens is 2. The van der Waals surface area contributed by atoms with Gasteiger partial charge in [0, 0.05) is 41.3 Å². The minimum Gasteiger partial charge on any atom is -0.756 e. The van der Waals surface area contributed by atoms with Crippen molar-refractivity contribution in [3.05, 3.63) is 88.3 Å². The third-order valence-electron chi connectivity index (χ3n) is 7.71. The summed E-state index contributed by atoms with van der Waals surface area (Å²) < 4.78 is 113. The van der Waals surface area contributed by atoms with Crippen molar-refractivity contribution in [2.75, 3.05) is 26.6 Å². The summed E-state index contributed by atoms with van der Waals surface area (Å²) in [5, 5.41) is 3.13. The third-order valence-corrected chi connectivity index (χ3v) is 15.1. The Kier molecular flexibility index (Phi) is 19.9. The molecule has 12 atom stereocenters. The van der Waals surface area contributed by atoms with Gasteiger partial charge in [-0.3, -0.25) is 56.1 Å². The van der Waals surface area contributed by atoms with E-state index in [-0.39, 0.29) is 30.6 Å². The molecule has 4 N–H and O–H groups in total. The van der Waals surface area contributed by atoms with E-state index in [1.165, 1.54) is 32.3 Å². The van der Waals surface area contributed by atoms with Crippen LogP contribution in [-0.4, -0.2) is 79.9 Å². The zero-order valence-corrected chi connectivity index (χ0v) is 37.9. The first-order chi connectivity index (χ1) is 29.7. The minimum atomic E-state index is -6.09. The highest BCUT2D eigenvalue weighted by Gasteiger charge is 2.40. The summed E-state index contributed by atoms with van der Waals surface area (Å²) in [6.07, 6.45) is -2.90. The molecule has 35 nitrogen and oxygen atoms in total. The van der Waals surface area contributed by atoms with Crippen molar-refractivity contribution in [1.29, 1.82) is 0 Å². The van der Waals surface area contributed by atoms with Crippen LogP contribution in [0.25, 0.3) is 10.4 Å². The number of azide groups is 1. The van der Waals surface area contributed by atoms with Crippen LogP contribution in [0.2, 0.25) is 0 Å². The van der Waals surface area contributed by atoms with Crippen LogP contribution in [0.1, 0.15) is 36.4 Å². The van der Waals surface area contributed by atoms with E-state index in [4.69, 9.17) is 34.3 Å². The van der Waals surface area contributed by atoms with E-state index in [9.17, 15) is 75.9 Å². The predicted molar refractivity (Wildman–Crippen MR) is 194 cm³/mol. The molecule has 0 aliphatic carbocycles. The zero-order valence-electron chi connectivity index (χ0n) is 32.6. The molecule has 0 radical (unpaired) electrons. The molecule has 65 heavy (non-hydrogen) atoms. The molecular weight excluding hydrogens is 1020 g/mol. The quantitative estimate of drug-likeness (QED) is 0.0291. The van der Waals surface area contributed by atoms with Gasteiger partial charge in [-0.25, -0.2) is 26.8 Å². The van der Waals surface area contributed by atoms with E-state index in [1.54, 1.807) is 0 Å². The second-order valence-corrected chi connectivity index (χ2v) is 21.1. The number of aryl methyl sites for hydroxylation is 2. The Balaban J connectivity index is 0.000000345. The number of phosphoric ester groups is 2. The molecule has 2 aliphatic heterocycles. The maximum absolute atomic E-state index is 12.1. The molecule has 0 spiro atoms. The fraction of sp³-hybridized carbons (Fsp3) is 0.583. The van der Waals surface area contributed by atoms with E-state index in [0.717, 1.165) is 9.13 Å². The lowest BCUT2D eigenvalue weighted by molar-refractivity contribution is -0.254. The molecule has 2 aliphatic rings. The Hall–Kier alpha value is -2.93. The topological polar surface area (TPSA) is 532 Å². The maximum atomic E-state index is 12.1. The van der Waals surface area contributed by atoms with Gasteiger partial charge in [0.05, 0.1) is 32.0 Å². The summed E-state index contributed by atoms with van der Waals surface area (Å²) in [6, 6.07) is 0. The number of ether oxygens (including phenoxy) is 4. The number of aromatic nitrogens is 4. The van der Waals surface area contributed by atoms with Crippen LogP contribution in [0.3, 0.4) is 0 Å². The van der Waals surface area contributed by atoms with Crippen LogP contribution in [0, 0.1) is 13.8 Å². The molecule has 8 unspecified atom stereocenters. The molecule has 4 rings (SSSR count). The van der Waals surface area contributed by atoms with Gasteiger partial charge in [0.1, 0.15) is 31.4 Å². The fourth-order valence-electron chi connectivity index (χ4n) is 5.24. The Bertz CT molecular complexity index is 2620. The van der Waals surface area contributed by atoms with Crippen LogP contribution >= 0.6 is 46.9 Å². The molecule has 2 saturated heterocycles. The van der Waals surface area contributed by atoms with Gasteiger partial charge in [0.15, 0.2) is 0 Å². The van der Waals surface area contributed by atoms with Crippen molar-refractivity contribution in [3.8, 4) is 0 Å². The molecule has 368 valence electrons. The third kappa shape index (κ3) is 18.9. The Morgan fingerprint density at radius 1 is 0.738 bits per heavy atom. The number of rotatable bonds is 22. The van der Waals surface area contributed by atoms with Crippen LogP contribution in [-0.2, 0) is 72.6 Å². The Morgan fingerprint density at radius 2 is 1.12 bits per heavy atom. The molecule has 4 heterocycles. The lowest BCUT2D eigenvalue weighted by Crippen LogP contribution is -2.33. The molecule has 41 heteroatoms. The standard InChI is InChI=1S/C13H21N2O14P3.C11H18N5O14P3/c1-3-4-25-9-5-11(15-6-8(2)12(16)14-13(15)17)27-10(9)7-26-31(21,22)29-32(23,24)28-30(18,19)20;1-6-3-16(11(18)14-10(6)17)9-2-7(26-5-13-15-12)8(28-9)4-27-32(22,23)30-33(24,25)29-31(19,20)21/h3,6,9-11H,1,4-5,7H2,2H3,(H,21,22)(H,23,24)(H,14,16,17)(H2,18,19,20);3,7-9H,2,4-5H2,1H3,(H,22,23)(H,24,25)(H,14,17,18)(H2,19,20,21)/p-6/t9?,10-,11-;7?,8-,9-/m11/s1.